The Bertz CT molecular complexity index is 2580. The Morgan fingerprint density at radius 2 is 1.04 bits per heavy atom. The molecule has 0 atom stereocenters. The summed E-state index contributed by atoms with van der Waals surface area (Å²) < 4.78 is 2.39. The first-order chi connectivity index (χ1) is 23.8. The van der Waals surface area contributed by atoms with E-state index in [1.165, 1.54) is 66.0 Å². The summed E-state index contributed by atoms with van der Waals surface area (Å²) in [6, 6.07) is 67.5. The number of hydrogen-bond donors (Lipinski definition) is 1. The smallest absolute Gasteiger partial charge is 0.0547 e. The third-order valence-corrected chi connectivity index (χ3v) is 9.35. The van der Waals surface area contributed by atoms with E-state index in [2.05, 4.69) is 198 Å². The van der Waals surface area contributed by atoms with Crippen molar-refractivity contribution in [2.24, 2.45) is 0 Å². The van der Waals surface area contributed by atoms with Gasteiger partial charge in [-0.2, -0.15) is 0 Å². The predicted molar refractivity (Wildman–Crippen MR) is 204 cm³/mol. The second kappa shape index (κ2) is 11.8. The Hall–Kier alpha value is -6.38. The van der Waals surface area contributed by atoms with E-state index in [1.807, 2.05) is 0 Å². The Balaban J connectivity index is 1.17. The van der Waals surface area contributed by atoms with Crippen LogP contribution in [0.2, 0.25) is 0 Å². The third kappa shape index (κ3) is 4.92. The molecule has 0 amide bonds. The van der Waals surface area contributed by atoms with Crippen molar-refractivity contribution in [3.8, 4) is 39.1 Å². The second-order valence-corrected chi connectivity index (χ2v) is 12.3. The fourth-order valence-electron chi connectivity index (χ4n) is 7.10. The summed E-state index contributed by atoms with van der Waals surface area (Å²) in [5.74, 6) is 0. The number of fused-ring (bicyclic) bond motifs is 4. The highest BCUT2D eigenvalue weighted by Crippen LogP contribution is 2.41. The van der Waals surface area contributed by atoms with E-state index in [9.17, 15) is 0 Å². The van der Waals surface area contributed by atoms with Crippen molar-refractivity contribution in [2.45, 2.75) is 0 Å². The lowest BCUT2D eigenvalue weighted by Gasteiger charge is -2.14. The van der Waals surface area contributed by atoms with Gasteiger partial charge in [-0.1, -0.05) is 133 Å². The minimum atomic E-state index is 1.08. The zero-order valence-corrected chi connectivity index (χ0v) is 26.3. The largest absolute Gasteiger partial charge is 0.355 e. The van der Waals surface area contributed by atoms with Crippen LogP contribution in [0.5, 0.6) is 0 Å². The van der Waals surface area contributed by atoms with Crippen LogP contribution in [0, 0.1) is 0 Å². The topological polar surface area (TPSA) is 17.0 Å². The van der Waals surface area contributed by atoms with Gasteiger partial charge < -0.3 is 9.88 Å². The maximum absolute atomic E-state index is 3.70. The first kappa shape index (κ1) is 27.9. The molecule has 9 rings (SSSR count). The number of hydrogen-bond acceptors (Lipinski definition) is 1. The van der Waals surface area contributed by atoms with Crippen LogP contribution >= 0.6 is 0 Å². The zero-order valence-electron chi connectivity index (χ0n) is 26.3. The van der Waals surface area contributed by atoms with Gasteiger partial charge >= 0.3 is 0 Å². The molecular formula is C46H32N2. The van der Waals surface area contributed by atoms with Gasteiger partial charge in [-0.15, -0.1) is 0 Å². The SMILES string of the molecule is c1ccc(-c2cccc3c2c2cc(-c4cccc(-c5ccccc5Nc5ccc6ccccc6c5)c4)ccc2n3-c2ccccc2)cc1. The number of para-hydroxylation sites is 2. The molecule has 0 radical (unpaired) electrons. The number of rotatable bonds is 6. The van der Waals surface area contributed by atoms with Gasteiger partial charge in [0.1, 0.15) is 0 Å². The normalized spacial score (nSPS) is 11.3. The van der Waals surface area contributed by atoms with Crippen molar-refractivity contribution < 1.29 is 0 Å². The average Bonchev–Trinajstić information content (AvgIpc) is 3.50. The van der Waals surface area contributed by atoms with E-state index in [0.717, 1.165) is 17.1 Å². The third-order valence-electron chi connectivity index (χ3n) is 9.35. The molecule has 0 spiro atoms. The van der Waals surface area contributed by atoms with Gasteiger partial charge in [-0.05, 0) is 93.2 Å². The number of anilines is 2. The standard InChI is InChI=1S/C46H32N2/c1-3-14-33(15-4-1)41-22-12-24-45-46(41)42-31-36(26-28-44(42)48(45)39-19-5-2-6-20-39)34-17-11-18-37(29-34)40-21-9-10-23-43(40)47-38-27-25-32-13-7-8-16-35(32)30-38/h1-31,47H. The Kier molecular flexibility index (Phi) is 6.84. The van der Waals surface area contributed by atoms with Crippen LogP contribution in [0.25, 0.3) is 71.6 Å². The zero-order chi connectivity index (χ0) is 31.9. The van der Waals surface area contributed by atoms with Crippen molar-refractivity contribution in [1.29, 1.82) is 0 Å². The summed E-state index contributed by atoms with van der Waals surface area (Å²) in [6.45, 7) is 0. The fourth-order valence-corrected chi connectivity index (χ4v) is 7.10. The molecule has 8 aromatic carbocycles. The maximum atomic E-state index is 3.70. The Labute approximate surface area is 280 Å². The lowest BCUT2D eigenvalue weighted by atomic mass is 9.95. The molecule has 1 aromatic heterocycles. The second-order valence-electron chi connectivity index (χ2n) is 12.3. The van der Waals surface area contributed by atoms with Gasteiger partial charge in [0.05, 0.1) is 11.0 Å². The Morgan fingerprint density at radius 1 is 0.375 bits per heavy atom. The molecule has 0 aliphatic carbocycles. The molecule has 0 saturated carbocycles. The molecule has 48 heavy (non-hydrogen) atoms. The average molecular weight is 613 g/mol. The van der Waals surface area contributed by atoms with E-state index in [1.54, 1.807) is 0 Å². The highest BCUT2D eigenvalue weighted by Gasteiger charge is 2.17. The van der Waals surface area contributed by atoms with Crippen molar-refractivity contribution >= 4 is 44.0 Å². The minimum absolute atomic E-state index is 1.08. The van der Waals surface area contributed by atoms with Crippen LogP contribution in [0.3, 0.4) is 0 Å². The molecule has 1 heterocycles. The summed E-state index contributed by atoms with van der Waals surface area (Å²) >= 11 is 0. The highest BCUT2D eigenvalue weighted by atomic mass is 15.0. The number of aromatic nitrogens is 1. The van der Waals surface area contributed by atoms with Gasteiger partial charge in [-0.3, -0.25) is 0 Å². The van der Waals surface area contributed by atoms with Gasteiger partial charge in [-0.25, -0.2) is 0 Å². The van der Waals surface area contributed by atoms with Gasteiger partial charge in [0, 0.05) is 33.4 Å². The lowest BCUT2D eigenvalue weighted by molar-refractivity contribution is 1.18. The number of benzene rings is 8. The number of nitrogens with one attached hydrogen (secondary N) is 1. The molecule has 9 aromatic rings. The Morgan fingerprint density at radius 3 is 1.92 bits per heavy atom. The van der Waals surface area contributed by atoms with Crippen LogP contribution in [-0.4, -0.2) is 4.57 Å². The van der Waals surface area contributed by atoms with Crippen molar-refractivity contribution in [3.63, 3.8) is 0 Å². The van der Waals surface area contributed by atoms with Crippen LogP contribution < -0.4 is 5.32 Å². The van der Waals surface area contributed by atoms with E-state index in [0.29, 0.717) is 0 Å². The summed E-state index contributed by atoms with van der Waals surface area (Å²) in [5, 5.41) is 8.68. The van der Waals surface area contributed by atoms with Crippen LogP contribution in [0.1, 0.15) is 0 Å². The predicted octanol–water partition coefficient (Wildman–Crippen LogP) is 12.7. The molecule has 226 valence electrons. The molecular weight excluding hydrogens is 581 g/mol. The van der Waals surface area contributed by atoms with Gasteiger partial charge in [0.25, 0.3) is 0 Å². The van der Waals surface area contributed by atoms with E-state index in [4.69, 9.17) is 0 Å². The van der Waals surface area contributed by atoms with E-state index >= 15 is 0 Å². The summed E-state index contributed by atoms with van der Waals surface area (Å²) in [7, 11) is 0. The lowest BCUT2D eigenvalue weighted by Crippen LogP contribution is -1.94. The minimum Gasteiger partial charge on any atom is -0.355 e. The summed E-state index contributed by atoms with van der Waals surface area (Å²) in [5.41, 5.74) is 12.9. The first-order valence-electron chi connectivity index (χ1n) is 16.4. The van der Waals surface area contributed by atoms with Crippen molar-refractivity contribution in [2.75, 3.05) is 5.32 Å². The highest BCUT2D eigenvalue weighted by molar-refractivity contribution is 6.16. The molecule has 1 N–H and O–H groups in total. The molecule has 0 saturated heterocycles. The van der Waals surface area contributed by atoms with Crippen LogP contribution in [0.4, 0.5) is 11.4 Å². The van der Waals surface area contributed by atoms with Crippen molar-refractivity contribution in [1.82, 2.24) is 4.57 Å². The summed E-state index contributed by atoms with van der Waals surface area (Å²) in [4.78, 5) is 0. The summed E-state index contributed by atoms with van der Waals surface area (Å²) in [6.07, 6.45) is 0. The molecule has 0 bridgehead atoms. The van der Waals surface area contributed by atoms with Crippen molar-refractivity contribution in [3.05, 3.63) is 188 Å². The number of nitrogens with zero attached hydrogens (tertiary/aromatic N) is 1. The molecule has 0 unspecified atom stereocenters. The van der Waals surface area contributed by atoms with Gasteiger partial charge in [0.2, 0.25) is 0 Å². The van der Waals surface area contributed by atoms with Crippen LogP contribution in [0.15, 0.2) is 188 Å². The first-order valence-corrected chi connectivity index (χ1v) is 16.4. The van der Waals surface area contributed by atoms with E-state index in [-0.39, 0.29) is 0 Å². The molecule has 0 fully saturated rings. The maximum Gasteiger partial charge on any atom is 0.0547 e. The molecule has 2 nitrogen and oxygen atoms in total. The molecule has 0 aliphatic rings. The van der Waals surface area contributed by atoms with Gasteiger partial charge in [0.15, 0.2) is 0 Å². The fraction of sp³-hybridized carbons (Fsp3) is 0. The monoisotopic (exact) mass is 612 g/mol. The molecule has 2 heteroatoms. The quantitative estimate of drug-likeness (QED) is 0.198. The van der Waals surface area contributed by atoms with E-state index < -0.39 is 0 Å². The molecule has 0 aliphatic heterocycles. The van der Waals surface area contributed by atoms with Crippen LogP contribution in [-0.2, 0) is 0 Å².